The van der Waals surface area contributed by atoms with Crippen LogP contribution in [-0.2, 0) is 11.2 Å². The highest BCUT2D eigenvalue weighted by molar-refractivity contribution is 5.85. The van der Waals surface area contributed by atoms with E-state index in [4.69, 9.17) is 5.73 Å². The van der Waals surface area contributed by atoms with Crippen LogP contribution in [0.5, 0.6) is 0 Å². The Hall–Kier alpha value is -1.50. The van der Waals surface area contributed by atoms with E-state index in [1.807, 2.05) is 0 Å². The van der Waals surface area contributed by atoms with Crippen LogP contribution in [0.4, 0.5) is 18.9 Å². The first kappa shape index (κ1) is 18.5. The van der Waals surface area contributed by atoms with Crippen LogP contribution in [0.1, 0.15) is 31.4 Å². The summed E-state index contributed by atoms with van der Waals surface area (Å²) in [6.45, 7) is 0. The maximum Gasteiger partial charge on any atom is 0.391 e. The van der Waals surface area contributed by atoms with E-state index in [2.05, 4.69) is 10.3 Å². The molecule has 1 aliphatic carbocycles. The summed E-state index contributed by atoms with van der Waals surface area (Å²) >= 11 is 0. The lowest BCUT2D eigenvalue weighted by molar-refractivity contribution is -0.182. The Morgan fingerprint density at radius 1 is 1.27 bits per heavy atom. The van der Waals surface area contributed by atoms with Gasteiger partial charge in [0.25, 0.3) is 0 Å². The Morgan fingerprint density at radius 2 is 1.91 bits per heavy atom. The molecule has 22 heavy (non-hydrogen) atoms. The van der Waals surface area contributed by atoms with Crippen molar-refractivity contribution in [1.82, 2.24) is 10.3 Å². The zero-order valence-corrected chi connectivity index (χ0v) is 12.7. The number of hydrogen-bond donors (Lipinski definition) is 2. The molecule has 0 aromatic carbocycles. The second-order valence-electron chi connectivity index (χ2n) is 5.42. The molecule has 0 radical (unpaired) electrons. The summed E-state index contributed by atoms with van der Waals surface area (Å²) in [6, 6.07) is 3.14. The fourth-order valence-electron chi connectivity index (χ4n) is 2.55. The van der Waals surface area contributed by atoms with Gasteiger partial charge in [0.1, 0.15) is 0 Å². The first-order valence-electron chi connectivity index (χ1n) is 6.91. The normalized spacial score (nSPS) is 21.8. The molecule has 2 rings (SSSR count). The summed E-state index contributed by atoms with van der Waals surface area (Å²) in [5, 5.41) is 2.78. The van der Waals surface area contributed by atoms with Crippen molar-refractivity contribution < 1.29 is 18.0 Å². The maximum absolute atomic E-state index is 12.5. The van der Waals surface area contributed by atoms with Gasteiger partial charge >= 0.3 is 6.18 Å². The lowest BCUT2D eigenvalue weighted by Crippen LogP contribution is -2.40. The molecule has 1 fully saturated rings. The number of nitrogen functional groups attached to an aromatic ring is 1. The van der Waals surface area contributed by atoms with Crippen molar-refractivity contribution in [3.05, 3.63) is 24.0 Å². The van der Waals surface area contributed by atoms with Gasteiger partial charge in [-0.25, -0.2) is 0 Å². The molecule has 0 saturated heterocycles. The minimum absolute atomic E-state index is 0. The Bertz CT molecular complexity index is 485. The Labute approximate surface area is 133 Å². The zero-order valence-electron chi connectivity index (χ0n) is 11.9. The molecule has 0 atom stereocenters. The standard InChI is InChI=1S/C14H18F3N3O.ClH/c15-14(16,17)9-1-4-11(5-2-9)20-13(21)7-12-6-3-10(18)8-19-12;/h3,6,8-9,11H,1-2,4-5,7,18H2,(H,20,21);1H. The van der Waals surface area contributed by atoms with Crippen LogP contribution >= 0.6 is 12.4 Å². The summed E-state index contributed by atoms with van der Waals surface area (Å²) in [5.41, 5.74) is 6.61. The fourth-order valence-corrected chi connectivity index (χ4v) is 2.55. The number of pyridine rings is 1. The Balaban J connectivity index is 0.00000242. The van der Waals surface area contributed by atoms with Crippen LogP contribution in [0.25, 0.3) is 0 Å². The van der Waals surface area contributed by atoms with Crippen LogP contribution in [-0.4, -0.2) is 23.1 Å². The second kappa shape index (κ2) is 7.67. The van der Waals surface area contributed by atoms with E-state index < -0.39 is 12.1 Å². The average molecular weight is 338 g/mol. The van der Waals surface area contributed by atoms with Crippen molar-refractivity contribution in [3.8, 4) is 0 Å². The molecule has 8 heteroatoms. The SMILES string of the molecule is Cl.Nc1ccc(CC(=O)NC2CCC(C(F)(F)F)CC2)nc1. The van der Waals surface area contributed by atoms with Crippen LogP contribution in [0.3, 0.4) is 0 Å². The summed E-state index contributed by atoms with van der Waals surface area (Å²) in [5.74, 6) is -1.45. The summed E-state index contributed by atoms with van der Waals surface area (Å²) in [4.78, 5) is 15.9. The number of halogens is 4. The van der Waals surface area contributed by atoms with Gasteiger partial charge in [-0.3, -0.25) is 9.78 Å². The molecule has 1 aromatic heterocycles. The van der Waals surface area contributed by atoms with E-state index >= 15 is 0 Å². The number of aromatic nitrogens is 1. The number of anilines is 1. The number of nitrogens with one attached hydrogen (secondary N) is 1. The van der Waals surface area contributed by atoms with Crippen LogP contribution in [0, 0.1) is 5.92 Å². The molecule has 3 N–H and O–H groups in total. The first-order valence-corrected chi connectivity index (χ1v) is 6.91. The third-order valence-corrected chi connectivity index (χ3v) is 3.74. The van der Waals surface area contributed by atoms with Gasteiger partial charge in [-0.05, 0) is 37.8 Å². The molecule has 1 aliphatic rings. The van der Waals surface area contributed by atoms with Gasteiger partial charge in [-0.2, -0.15) is 13.2 Å². The maximum atomic E-state index is 12.5. The van der Waals surface area contributed by atoms with Crippen molar-refractivity contribution >= 4 is 24.0 Å². The van der Waals surface area contributed by atoms with E-state index in [9.17, 15) is 18.0 Å². The molecule has 1 aromatic rings. The summed E-state index contributed by atoms with van der Waals surface area (Å²) in [7, 11) is 0. The second-order valence-corrected chi connectivity index (χ2v) is 5.42. The number of carbonyl (C=O) groups excluding carboxylic acids is 1. The van der Waals surface area contributed by atoms with E-state index in [1.54, 1.807) is 12.1 Å². The molecular weight excluding hydrogens is 319 g/mol. The molecule has 0 aliphatic heterocycles. The molecule has 0 bridgehead atoms. The summed E-state index contributed by atoms with van der Waals surface area (Å²) in [6.07, 6.45) is -1.65. The lowest BCUT2D eigenvalue weighted by Gasteiger charge is -2.30. The molecule has 0 spiro atoms. The molecule has 1 saturated carbocycles. The van der Waals surface area contributed by atoms with Crippen LogP contribution in [0.15, 0.2) is 18.3 Å². The van der Waals surface area contributed by atoms with Gasteiger partial charge in [0.15, 0.2) is 0 Å². The number of nitrogens with zero attached hydrogens (tertiary/aromatic N) is 1. The van der Waals surface area contributed by atoms with E-state index in [1.165, 1.54) is 6.20 Å². The van der Waals surface area contributed by atoms with Crippen molar-refractivity contribution in [1.29, 1.82) is 0 Å². The highest BCUT2D eigenvalue weighted by Crippen LogP contribution is 2.37. The topological polar surface area (TPSA) is 68.0 Å². The van der Waals surface area contributed by atoms with Gasteiger partial charge in [0, 0.05) is 11.7 Å². The fraction of sp³-hybridized carbons (Fsp3) is 0.571. The van der Waals surface area contributed by atoms with Crippen molar-refractivity contribution in [2.75, 3.05) is 5.73 Å². The quantitative estimate of drug-likeness (QED) is 0.891. The van der Waals surface area contributed by atoms with E-state index in [0.717, 1.165) is 0 Å². The molecule has 1 heterocycles. The third-order valence-electron chi connectivity index (χ3n) is 3.74. The molecule has 0 unspecified atom stereocenters. The number of carbonyl (C=O) groups is 1. The van der Waals surface area contributed by atoms with Crippen LogP contribution in [0.2, 0.25) is 0 Å². The zero-order chi connectivity index (χ0) is 15.5. The first-order chi connectivity index (χ1) is 9.84. The van der Waals surface area contributed by atoms with E-state index in [-0.39, 0.29) is 43.6 Å². The average Bonchev–Trinajstić information content (AvgIpc) is 2.41. The monoisotopic (exact) mass is 337 g/mol. The van der Waals surface area contributed by atoms with Gasteiger partial charge in [0.05, 0.1) is 24.2 Å². The molecule has 4 nitrogen and oxygen atoms in total. The van der Waals surface area contributed by atoms with Crippen molar-refractivity contribution in [2.24, 2.45) is 5.92 Å². The molecule has 124 valence electrons. The number of alkyl halides is 3. The number of rotatable bonds is 3. The van der Waals surface area contributed by atoms with Gasteiger partial charge in [0.2, 0.25) is 5.91 Å². The van der Waals surface area contributed by atoms with Crippen molar-refractivity contribution in [2.45, 2.75) is 44.3 Å². The Morgan fingerprint density at radius 3 is 2.41 bits per heavy atom. The smallest absolute Gasteiger partial charge is 0.391 e. The molecular formula is C14H19ClF3N3O. The minimum atomic E-state index is -4.12. The van der Waals surface area contributed by atoms with Gasteiger partial charge in [-0.1, -0.05) is 0 Å². The lowest BCUT2D eigenvalue weighted by atomic mass is 9.85. The third kappa shape index (κ3) is 5.36. The number of amides is 1. The van der Waals surface area contributed by atoms with Crippen LogP contribution < -0.4 is 11.1 Å². The van der Waals surface area contributed by atoms with E-state index in [0.29, 0.717) is 24.2 Å². The summed E-state index contributed by atoms with van der Waals surface area (Å²) < 4.78 is 37.6. The predicted molar refractivity (Wildman–Crippen MR) is 79.5 cm³/mol. The predicted octanol–water partition coefficient (Wildman–Crippen LogP) is 2.87. The largest absolute Gasteiger partial charge is 0.397 e. The van der Waals surface area contributed by atoms with Gasteiger partial charge < -0.3 is 11.1 Å². The highest BCUT2D eigenvalue weighted by atomic mass is 35.5. The number of hydrogen-bond acceptors (Lipinski definition) is 3. The van der Waals surface area contributed by atoms with Gasteiger partial charge in [-0.15, -0.1) is 12.4 Å². The molecule has 1 amide bonds. The minimum Gasteiger partial charge on any atom is -0.397 e. The Kier molecular flexibility index (Phi) is 6.47. The number of nitrogens with two attached hydrogens (primary N) is 1. The van der Waals surface area contributed by atoms with Crippen molar-refractivity contribution in [3.63, 3.8) is 0 Å². The highest BCUT2D eigenvalue weighted by Gasteiger charge is 2.41.